The molecule has 122 valence electrons. The van der Waals surface area contributed by atoms with E-state index in [1.165, 1.54) is 17.6 Å². The number of furan rings is 1. The van der Waals surface area contributed by atoms with Crippen LogP contribution in [-0.2, 0) is 11.2 Å². The highest BCUT2D eigenvalue weighted by molar-refractivity contribution is 7.14. The molecule has 1 N–H and O–H groups in total. The summed E-state index contributed by atoms with van der Waals surface area (Å²) in [4.78, 5) is 30.4. The number of hydrogen-bond donors (Lipinski definition) is 1. The number of likely N-dealkylation sites (tertiary alicyclic amines) is 1. The maximum Gasteiger partial charge on any atom is 0.293 e. The van der Waals surface area contributed by atoms with Gasteiger partial charge in [-0.3, -0.25) is 14.9 Å². The molecule has 0 spiro atoms. The minimum atomic E-state index is -0.341. The standard InChI is InChI=1S/C16H19N3O3S/c1-11-4-6-19(7-5-11)14(20)9-12-10-23-16(17-12)18-15(21)13-3-2-8-22-13/h2-3,8,10-11H,4-7,9H2,1H3,(H,17,18,21). The van der Waals surface area contributed by atoms with Crippen molar-refractivity contribution in [2.75, 3.05) is 18.4 Å². The number of rotatable bonds is 4. The number of anilines is 1. The Hall–Kier alpha value is -2.15. The third-order valence-corrected chi connectivity index (χ3v) is 4.79. The average Bonchev–Trinajstić information content (AvgIpc) is 3.19. The zero-order valence-electron chi connectivity index (χ0n) is 12.9. The van der Waals surface area contributed by atoms with Gasteiger partial charge in [0.1, 0.15) is 0 Å². The van der Waals surface area contributed by atoms with Crippen LogP contribution in [0.1, 0.15) is 36.0 Å². The number of thiazole rings is 1. The van der Waals surface area contributed by atoms with Crippen LogP contribution >= 0.6 is 11.3 Å². The van der Waals surface area contributed by atoms with Gasteiger partial charge < -0.3 is 9.32 Å². The summed E-state index contributed by atoms with van der Waals surface area (Å²) >= 11 is 1.31. The lowest BCUT2D eigenvalue weighted by atomic mass is 9.99. The van der Waals surface area contributed by atoms with Crippen LogP contribution in [-0.4, -0.2) is 34.8 Å². The van der Waals surface area contributed by atoms with Gasteiger partial charge in [0.2, 0.25) is 5.91 Å². The highest BCUT2D eigenvalue weighted by Gasteiger charge is 2.21. The molecule has 0 aliphatic carbocycles. The van der Waals surface area contributed by atoms with Crippen molar-refractivity contribution in [2.45, 2.75) is 26.2 Å². The molecule has 2 amide bonds. The molecule has 0 radical (unpaired) electrons. The Bertz CT molecular complexity index is 673. The summed E-state index contributed by atoms with van der Waals surface area (Å²) in [6, 6.07) is 3.24. The second-order valence-electron chi connectivity index (χ2n) is 5.82. The first-order valence-electron chi connectivity index (χ1n) is 7.69. The molecular formula is C16H19N3O3S. The molecule has 3 rings (SSSR count). The number of nitrogens with zero attached hydrogens (tertiary/aromatic N) is 2. The average molecular weight is 333 g/mol. The Kier molecular flexibility index (Phi) is 4.76. The van der Waals surface area contributed by atoms with Crippen molar-refractivity contribution in [1.29, 1.82) is 0 Å². The molecule has 0 bridgehead atoms. The molecule has 2 aromatic heterocycles. The predicted octanol–water partition coefficient (Wildman–Crippen LogP) is 2.79. The maximum atomic E-state index is 12.3. The van der Waals surface area contributed by atoms with E-state index in [0.29, 0.717) is 16.7 Å². The highest BCUT2D eigenvalue weighted by Crippen LogP contribution is 2.20. The number of carbonyl (C=O) groups excluding carboxylic acids is 2. The van der Waals surface area contributed by atoms with E-state index in [-0.39, 0.29) is 24.0 Å². The highest BCUT2D eigenvalue weighted by atomic mass is 32.1. The van der Waals surface area contributed by atoms with Crippen LogP contribution in [0.2, 0.25) is 0 Å². The Morgan fingerprint density at radius 3 is 2.91 bits per heavy atom. The lowest BCUT2D eigenvalue weighted by Gasteiger charge is -2.30. The molecule has 0 saturated carbocycles. The van der Waals surface area contributed by atoms with Crippen molar-refractivity contribution in [3.8, 4) is 0 Å². The summed E-state index contributed by atoms with van der Waals surface area (Å²) in [5.41, 5.74) is 0.688. The summed E-state index contributed by atoms with van der Waals surface area (Å²) in [5, 5.41) is 4.95. The van der Waals surface area contributed by atoms with Crippen LogP contribution in [0.15, 0.2) is 28.2 Å². The molecule has 1 fully saturated rings. The summed E-state index contributed by atoms with van der Waals surface area (Å²) in [6.07, 6.45) is 3.85. The molecule has 0 unspecified atom stereocenters. The molecule has 2 aromatic rings. The van der Waals surface area contributed by atoms with Crippen molar-refractivity contribution < 1.29 is 14.0 Å². The monoisotopic (exact) mass is 333 g/mol. The van der Waals surface area contributed by atoms with Crippen molar-refractivity contribution in [3.05, 3.63) is 35.2 Å². The summed E-state index contributed by atoms with van der Waals surface area (Å²) in [7, 11) is 0. The lowest BCUT2D eigenvalue weighted by Crippen LogP contribution is -2.38. The largest absolute Gasteiger partial charge is 0.459 e. The van der Waals surface area contributed by atoms with Crippen molar-refractivity contribution >= 4 is 28.3 Å². The Morgan fingerprint density at radius 2 is 2.22 bits per heavy atom. The van der Waals surface area contributed by atoms with Crippen LogP contribution in [0.5, 0.6) is 0 Å². The van der Waals surface area contributed by atoms with E-state index in [1.54, 1.807) is 12.1 Å². The number of nitrogens with one attached hydrogen (secondary N) is 1. The third-order valence-electron chi connectivity index (χ3n) is 3.99. The van der Waals surface area contributed by atoms with Gasteiger partial charge in [-0.1, -0.05) is 6.92 Å². The van der Waals surface area contributed by atoms with Gasteiger partial charge in [-0.25, -0.2) is 4.98 Å². The van der Waals surface area contributed by atoms with Gasteiger partial charge in [0.25, 0.3) is 5.91 Å². The second kappa shape index (κ2) is 6.95. The molecular weight excluding hydrogens is 314 g/mol. The van der Waals surface area contributed by atoms with Gasteiger partial charge in [-0.2, -0.15) is 0 Å². The van der Waals surface area contributed by atoms with E-state index >= 15 is 0 Å². The van der Waals surface area contributed by atoms with Gasteiger partial charge >= 0.3 is 0 Å². The first-order valence-corrected chi connectivity index (χ1v) is 8.57. The smallest absolute Gasteiger partial charge is 0.293 e. The van der Waals surface area contributed by atoms with Gasteiger partial charge in [0.05, 0.1) is 18.4 Å². The van der Waals surface area contributed by atoms with E-state index in [9.17, 15) is 9.59 Å². The van der Waals surface area contributed by atoms with Crippen molar-refractivity contribution in [2.24, 2.45) is 5.92 Å². The lowest BCUT2D eigenvalue weighted by molar-refractivity contribution is -0.131. The number of aromatic nitrogens is 1. The van der Waals surface area contributed by atoms with E-state index < -0.39 is 0 Å². The molecule has 0 aromatic carbocycles. The zero-order chi connectivity index (χ0) is 16.2. The second-order valence-corrected chi connectivity index (χ2v) is 6.67. The fraction of sp³-hybridized carbons (Fsp3) is 0.438. The minimum Gasteiger partial charge on any atom is -0.459 e. The van der Waals surface area contributed by atoms with Gasteiger partial charge in [0, 0.05) is 18.5 Å². The number of piperidine rings is 1. The Labute approximate surface area is 138 Å². The summed E-state index contributed by atoms with van der Waals surface area (Å²) in [5.74, 6) is 0.695. The molecule has 23 heavy (non-hydrogen) atoms. The first-order chi connectivity index (χ1) is 11.1. The van der Waals surface area contributed by atoms with Crippen LogP contribution in [0, 0.1) is 5.92 Å². The summed E-state index contributed by atoms with van der Waals surface area (Å²) < 4.78 is 5.03. The van der Waals surface area contributed by atoms with E-state index in [0.717, 1.165) is 25.9 Å². The predicted molar refractivity (Wildman–Crippen MR) is 87.5 cm³/mol. The molecule has 0 atom stereocenters. The number of amides is 2. The van der Waals surface area contributed by atoms with Crippen LogP contribution in [0.3, 0.4) is 0 Å². The minimum absolute atomic E-state index is 0.103. The van der Waals surface area contributed by atoms with Crippen LogP contribution < -0.4 is 5.32 Å². The first kappa shape index (κ1) is 15.7. The molecule has 1 aliphatic heterocycles. The van der Waals surface area contributed by atoms with Gasteiger partial charge in [-0.15, -0.1) is 11.3 Å². The number of carbonyl (C=O) groups is 2. The van der Waals surface area contributed by atoms with Crippen molar-refractivity contribution in [3.63, 3.8) is 0 Å². The fourth-order valence-corrected chi connectivity index (χ4v) is 3.24. The zero-order valence-corrected chi connectivity index (χ0v) is 13.8. The molecule has 1 aliphatic rings. The quantitative estimate of drug-likeness (QED) is 0.933. The van der Waals surface area contributed by atoms with Crippen molar-refractivity contribution in [1.82, 2.24) is 9.88 Å². The van der Waals surface area contributed by atoms with E-state index in [1.807, 2.05) is 10.3 Å². The van der Waals surface area contributed by atoms with Crippen LogP contribution in [0.4, 0.5) is 5.13 Å². The summed E-state index contributed by atoms with van der Waals surface area (Å²) in [6.45, 7) is 3.87. The fourth-order valence-electron chi connectivity index (χ4n) is 2.54. The number of hydrogen-bond acceptors (Lipinski definition) is 5. The normalized spacial score (nSPS) is 15.6. The van der Waals surface area contributed by atoms with Gasteiger partial charge in [0.15, 0.2) is 10.9 Å². The Morgan fingerprint density at radius 1 is 1.43 bits per heavy atom. The molecule has 1 saturated heterocycles. The van der Waals surface area contributed by atoms with E-state index in [4.69, 9.17) is 4.42 Å². The topological polar surface area (TPSA) is 75.4 Å². The van der Waals surface area contributed by atoms with Gasteiger partial charge in [-0.05, 0) is 30.9 Å². The SMILES string of the molecule is CC1CCN(C(=O)Cc2csc(NC(=O)c3ccco3)n2)CC1. The maximum absolute atomic E-state index is 12.3. The van der Waals surface area contributed by atoms with E-state index in [2.05, 4.69) is 17.2 Å². The molecule has 7 heteroatoms. The van der Waals surface area contributed by atoms with Crippen LogP contribution in [0.25, 0.3) is 0 Å². The molecule has 6 nitrogen and oxygen atoms in total. The Balaban J connectivity index is 1.55. The third kappa shape index (κ3) is 3.98. The molecule has 3 heterocycles.